The van der Waals surface area contributed by atoms with E-state index in [1.165, 1.54) is 44.9 Å². The van der Waals surface area contributed by atoms with Gasteiger partial charge in [0.2, 0.25) is 0 Å². The number of hydrogen-bond acceptors (Lipinski definition) is 3. The smallest absolute Gasteiger partial charge is 0.0640 e. The van der Waals surface area contributed by atoms with Crippen LogP contribution in [0.3, 0.4) is 0 Å². The number of rotatable bonds is 11. The minimum Gasteiger partial charge on any atom is -0.276 e. The molecular weight excluding hydrogens is 236 g/mol. The molecule has 1 rings (SSSR count). The van der Waals surface area contributed by atoms with Crippen LogP contribution in [0.25, 0.3) is 0 Å². The summed E-state index contributed by atoms with van der Waals surface area (Å²) >= 11 is 0. The summed E-state index contributed by atoms with van der Waals surface area (Å²) in [6.45, 7) is 2.26. The molecule has 0 spiro atoms. The summed E-state index contributed by atoms with van der Waals surface area (Å²) in [5.41, 5.74) is 4.04. The van der Waals surface area contributed by atoms with Crippen molar-refractivity contribution in [3.63, 3.8) is 0 Å². The summed E-state index contributed by atoms with van der Waals surface area (Å²) in [5.74, 6) is 5.62. The van der Waals surface area contributed by atoms with Crippen LogP contribution in [-0.2, 0) is 13.5 Å². The Labute approximate surface area is 117 Å². The maximum Gasteiger partial charge on any atom is 0.0640 e. The summed E-state index contributed by atoms with van der Waals surface area (Å²) in [5, 5.41) is 4.40. The summed E-state index contributed by atoms with van der Waals surface area (Å²) in [6.07, 6.45) is 13.5. The third-order valence-electron chi connectivity index (χ3n) is 3.62. The lowest BCUT2D eigenvalue weighted by atomic mass is 10.0. The fourth-order valence-corrected chi connectivity index (χ4v) is 2.42. The molecule has 0 aromatic carbocycles. The van der Waals surface area contributed by atoms with E-state index in [-0.39, 0.29) is 0 Å². The normalized spacial score (nSPS) is 12.8. The van der Waals surface area contributed by atoms with Crippen LogP contribution in [-0.4, -0.2) is 15.8 Å². The van der Waals surface area contributed by atoms with E-state index in [1.807, 2.05) is 17.9 Å². The quantitative estimate of drug-likeness (QED) is 0.368. The Kier molecular flexibility index (Phi) is 8.50. The Balaban J connectivity index is 2.08. The third kappa shape index (κ3) is 7.33. The average molecular weight is 266 g/mol. The van der Waals surface area contributed by atoms with Crippen LogP contribution in [0.1, 0.15) is 64.0 Å². The first kappa shape index (κ1) is 16.2. The van der Waals surface area contributed by atoms with Crippen LogP contribution in [0, 0.1) is 0 Å². The summed E-state index contributed by atoms with van der Waals surface area (Å²) in [7, 11) is 1.95. The second-order valence-corrected chi connectivity index (χ2v) is 5.46. The highest BCUT2D eigenvalue weighted by Crippen LogP contribution is 2.11. The van der Waals surface area contributed by atoms with Crippen molar-refractivity contribution in [2.45, 2.75) is 70.8 Å². The number of aryl methyl sites for hydroxylation is 1. The number of hydrogen-bond donors (Lipinski definition) is 2. The summed E-state index contributed by atoms with van der Waals surface area (Å²) in [6, 6.07) is 2.42. The van der Waals surface area contributed by atoms with Gasteiger partial charge in [-0.3, -0.25) is 16.0 Å². The Hall–Kier alpha value is -0.870. The first-order chi connectivity index (χ1) is 9.26. The van der Waals surface area contributed by atoms with Gasteiger partial charge in [-0.05, 0) is 12.5 Å². The molecule has 3 N–H and O–H groups in total. The van der Waals surface area contributed by atoms with Gasteiger partial charge in [0.15, 0.2) is 0 Å². The van der Waals surface area contributed by atoms with E-state index in [0.717, 1.165) is 18.5 Å². The van der Waals surface area contributed by atoms with E-state index in [2.05, 4.69) is 23.5 Å². The van der Waals surface area contributed by atoms with Gasteiger partial charge in [-0.25, -0.2) is 0 Å². The van der Waals surface area contributed by atoms with Gasteiger partial charge in [0.25, 0.3) is 0 Å². The zero-order valence-corrected chi connectivity index (χ0v) is 12.6. The molecule has 4 heteroatoms. The zero-order chi connectivity index (χ0) is 13.9. The highest BCUT2D eigenvalue weighted by atomic mass is 15.3. The molecule has 1 heterocycles. The number of nitrogens with two attached hydrogens (primary N) is 1. The van der Waals surface area contributed by atoms with Gasteiger partial charge in [-0.1, -0.05) is 51.9 Å². The van der Waals surface area contributed by atoms with Gasteiger partial charge in [0.1, 0.15) is 0 Å². The van der Waals surface area contributed by atoms with E-state index in [1.54, 1.807) is 0 Å². The van der Waals surface area contributed by atoms with Gasteiger partial charge >= 0.3 is 0 Å². The van der Waals surface area contributed by atoms with E-state index < -0.39 is 0 Å². The lowest BCUT2D eigenvalue weighted by Gasteiger charge is -2.14. The minimum atomic E-state index is 0.352. The highest BCUT2D eigenvalue weighted by Gasteiger charge is 2.09. The monoisotopic (exact) mass is 266 g/mol. The zero-order valence-electron chi connectivity index (χ0n) is 12.6. The first-order valence-electron chi connectivity index (χ1n) is 7.71. The molecular formula is C15H30N4. The van der Waals surface area contributed by atoms with E-state index in [0.29, 0.717) is 6.04 Å². The molecule has 4 nitrogen and oxygen atoms in total. The molecule has 0 radical (unpaired) electrons. The van der Waals surface area contributed by atoms with Crippen LogP contribution >= 0.6 is 0 Å². The van der Waals surface area contributed by atoms with Gasteiger partial charge < -0.3 is 0 Å². The van der Waals surface area contributed by atoms with Crippen molar-refractivity contribution < 1.29 is 0 Å². The van der Waals surface area contributed by atoms with Crippen LogP contribution in [0.2, 0.25) is 0 Å². The van der Waals surface area contributed by atoms with Crippen LogP contribution in [0.5, 0.6) is 0 Å². The molecule has 110 valence electrons. The molecule has 0 saturated heterocycles. The Morgan fingerprint density at radius 3 is 2.47 bits per heavy atom. The topological polar surface area (TPSA) is 55.9 Å². The molecule has 1 aromatic rings. The molecule has 0 fully saturated rings. The summed E-state index contributed by atoms with van der Waals surface area (Å²) < 4.78 is 1.84. The second kappa shape index (κ2) is 9.98. The molecule has 0 bridgehead atoms. The second-order valence-electron chi connectivity index (χ2n) is 5.46. The van der Waals surface area contributed by atoms with Crippen LogP contribution in [0.4, 0.5) is 0 Å². The molecule has 0 amide bonds. The summed E-state index contributed by atoms with van der Waals surface area (Å²) in [4.78, 5) is 0. The van der Waals surface area contributed by atoms with Crippen molar-refractivity contribution in [2.75, 3.05) is 0 Å². The van der Waals surface area contributed by atoms with Gasteiger partial charge in [-0.15, -0.1) is 0 Å². The van der Waals surface area contributed by atoms with Crippen molar-refractivity contribution in [1.82, 2.24) is 15.2 Å². The van der Waals surface area contributed by atoms with Crippen molar-refractivity contribution in [2.24, 2.45) is 12.9 Å². The highest BCUT2D eigenvalue weighted by molar-refractivity contribution is 5.01. The maximum atomic E-state index is 5.62. The Morgan fingerprint density at radius 1 is 1.21 bits per heavy atom. The van der Waals surface area contributed by atoms with E-state index in [4.69, 9.17) is 5.84 Å². The molecule has 19 heavy (non-hydrogen) atoms. The fraction of sp³-hybridized carbons (Fsp3) is 0.800. The molecule has 0 aliphatic rings. The van der Waals surface area contributed by atoms with Crippen molar-refractivity contribution in [3.05, 3.63) is 18.0 Å². The Morgan fingerprint density at radius 2 is 1.89 bits per heavy atom. The van der Waals surface area contributed by atoms with Crippen LogP contribution in [0.15, 0.2) is 12.3 Å². The van der Waals surface area contributed by atoms with Crippen LogP contribution < -0.4 is 11.3 Å². The lowest BCUT2D eigenvalue weighted by molar-refractivity contribution is 0.454. The molecule has 0 saturated carbocycles. The number of nitrogens with one attached hydrogen (secondary N) is 1. The van der Waals surface area contributed by atoms with Gasteiger partial charge in [0, 0.05) is 25.7 Å². The van der Waals surface area contributed by atoms with E-state index in [9.17, 15) is 0 Å². The van der Waals surface area contributed by atoms with E-state index >= 15 is 0 Å². The van der Waals surface area contributed by atoms with Crippen molar-refractivity contribution in [1.29, 1.82) is 0 Å². The molecule has 1 unspecified atom stereocenters. The number of hydrazine groups is 1. The number of nitrogens with zero attached hydrogens (tertiary/aromatic N) is 2. The minimum absolute atomic E-state index is 0.352. The fourth-order valence-electron chi connectivity index (χ4n) is 2.42. The van der Waals surface area contributed by atoms with Gasteiger partial charge in [-0.2, -0.15) is 5.10 Å². The Bertz CT molecular complexity index is 322. The molecule has 1 aromatic heterocycles. The largest absolute Gasteiger partial charge is 0.276 e. The lowest BCUT2D eigenvalue weighted by Crippen LogP contribution is -2.36. The van der Waals surface area contributed by atoms with Gasteiger partial charge in [0.05, 0.1) is 5.69 Å². The maximum absolute atomic E-state index is 5.62. The van der Waals surface area contributed by atoms with Crippen molar-refractivity contribution >= 4 is 0 Å². The standard InChI is InChI=1S/C15H30N4/c1-3-4-5-6-7-8-9-10-14(17-16)13-15-11-12-19(2)18-15/h11-12,14,17H,3-10,13,16H2,1-2H3. The number of aromatic nitrogens is 2. The van der Waals surface area contributed by atoms with Crippen molar-refractivity contribution in [3.8, 4) is 0 Å². The first-order valence-corrected chi connectivity index (χ1v) is 7.71. The predicted molar refractivity (Wildman–Crippen MR) is 80.6 cm³/mol. The third-order valence-corrected chi connectivity index (χ3v) is 3.62. The SMILES string of the molecule is CCCCCCCCCC(Cc1ccn(C)n1)NN. The predicted octanol–water partition coefficient (Wildman–Crippen LogP) is 2.94. The molecule has 0 aliphatic heterocycles. The average Bonchev–Trinajstić information content (AvgIpc) is 2.81. The molecule has 1 atom stereocenters. The number of unbranched alkanes of at least 4 members (excludes halogenated alkanes) is 6. The molecule has 0 aliphatic carbocycles.